The zero-order chi connectivity index (χ0) is 31.2. The standard InChI is InChI=1S/2C15H21FN2O3/c2*1-15(2,3)21-14(19)18-6-7-20-13(9-18)10-4-5-12(17)11(16)8-10/h2*4-5,8,13H,6-7,9,17H2,1-3H3/t13-;/m1./s1. The van der Waals surface area contributed by atoms with Crippen LogP contribution in [0.5, 0.6) is 0 Å². The van der Waals surface area contributed by atoms with Crippen LogP contribution in [-0.2, 0) is 18.9 Å². The molecular weight excluding hydrogens is 550 g/mol. The van der Waals surface area contributed by atoms with Crippen molar-refractivity contribution in [1.82, 2.24) is 9.80 Å². The molecule has 42 heavy (non-hydrogen) atoms. The number of nitrogen functional groups attached to an aromatic ring is 2. The summed E-state index contributed by atoms with van der Waals surface area (Å²) in [7, 11) is 0. The lowest BCUT2D eigenvalue weighted by Gasteiger charge is -2.34. The van der Waals surface area contributed by atoms with E-state index in [2.05, 4.69) is 0 Å². The summed E-state index contributed by atoms with van der Waals surface area (Å²) in [5.74, 6) is -0.962. The van der Waals surface area contributed by atoms with E-state index >= 15 is 0 Å². The molecule has 0 bridgehead atoms. The van der Waals surface area contributed by atoms with Crippen molar-refractivity contribution in [3.8, 4) is 0 Å². The fourth-order valence-electron chi connectivity index (χ4n) is 4.17. The van der Waals surface area contributed by atoms with Crippen molar-refractivity contribution in [1.29, 1.82) is 0 Å². The molecule has 2 aliphatic heterocycles. The molecule has 232 valence electrons. The highest BCUT2D eigenvalue weighted by atomic mass is 19.1. The number of halogens is 2. The van der Waals surface area contributed by atoms with Crippen molar-refractivity contribution in [3.05, 3.63) is 59.2 Å². The second-order valence-corrected chi connectivity index (χ2v) is 12.1. The number of rotatable bonds is 2. The molecule has 2 aromatic rings. The normalized spacial score (nSPS) is 19.4. The van der Waals surface area contributed by atoms with Crippen molar-refractivity contribution in [2.45, 2.75) is 65.0 Å². The molecule has 0 spiro atoms. The second-order valence-electron chi connectivity index (χ2n) is 12.1. The van der Waals surface area contributed by atoms with Crippen LogP contribution in [0.2, 0.25) is 0 Å². The quantitative estimate of drug-likeness (QED) is 0.442. The number of hydrogen-bond donors (Lipinski definition) is 2. The molecule has 0 aliphatic carbocycles. The first-order chi connectivity index (χ1) is 19.5. The third-order valence-corrected chi connectivity index (χ3v) is 6.23. The van der Waals surface area contributed by atoms with E-state index in [0.717, 1.165) is 0 Å². The monoisotopic (exact) mass is 592 g/mol. The predicted molar refractivity (Wildman–Crippen MR) is 155 cm³/mol. The number of anilines is 2. The highest BCUT2D eigenvalue weighted by molar-refractivity contribution is 5.68. The van der Waals surface area contributed by atoms with Crippen molar-refractivity contribution < 1.29 is 37.3 Å². The van der Waals surface area contributed by atoms with Crippen LogP contribution in [0.3, 0.4) is 0 Å². The number of ether oxygens (including phenoxy) is 4. The molecule has 0 radical (unpaired) electrons. The van der Waals surface area contributed by atoms with Crippen LogP contribution < -0.4 is 11.5 Å². The van der Waals surface area contributed by atoms with Gasteiger partial charge in [0.15, 0.2) is 0 Å². The van der Waals surface area contributed by atoms with Gasteiger partial charge < -0.3 is 40.2 Å². The smallest absolute Gasteiger partial charge is 0.410 e. The maximum absolute atomic E-state index is 13.5. The molecule has 4 rings (SSSR count). The van der Waals surface area contributed by atoms with E-state index in [1.54, 1.807) is 21.9 Å². The van der Waals surface area contributed by atoms with E-state index in [1.165, 1.54) is 24.3 Å². The fraction of sp³-hybridized carbons (Fsp3) is 0.533. The Labute approximate surface area is 245 Å². The number of benzene rings is 2. The van der Waals surface area contributed by atoms with Gasteiger partial charge in [0.25, 0.3) is 0 Å². The van der Waals surface area contributed by atoms with Gasteiger partial charge in [0.1, 0.15) is 35.0 Å². The minimum Gasteiger partial charge on any atom is -0.444 e. The molecular formula is C30H42F2N4O6. The largest absolute Gasteiger partial charge is 0.444 e. The summed E-state index contributed by atoms with van der Waals surface area (Å²) in [6.45, 7) is 13.3. The van der Waals surface area contributed by atoms with Gasteiger partial charge in [-0.25, -0.2) is 18.4 Å². The van der Waals surface area contributed by atoms with Gasteiger partial charge >= 0.3 is 12.2 Å². The summed E-state index contributed by atoms with van der Waals surface area (Å²) < 4.78 is 49.0. The fourth-order valence-corrected chi connectivity index (χ4v) is 4.17. The van der Waals surface area contributed by atoms with Crippen molar-refractivity contribution >= 4 is 23.6 Å². The predicted octanol–water partition coefficient (Wildman–Crippen LogP) is 5.43. The van der Waals surface area contributed by atoms with Gasteiger partial charge in [-0.3, -0.25) is 0 Å². The van der Waals surface area contributed by atoms with E-state index in [0.29, 0.717) is 50.5 Å². The van der Waals surface area contributed by atoms with Crippen LogP contribution >= 0.6 is 0 Å². The molecule has 2 aliphatic rings. The van der Waals surface area contributed by atoms with E-state index in [1.807, 2.05) is 41.5 Å². The number of nitrogens with zero attached hydrogens (tertiary/aromatic N) is 2. The zero-order valence-electron chi connectivity index (χ0n) is 25.1. The topological polar surface area (TPSA) is 130 Å². The Balaban J connectivity index is 0.000000230. The highest BCUT2D eigenvalue weighted by Crippen LogP contribution is 2.27. The van der Waals surface area contributed by atoms with Crippen molar-refractivity contribution in [2.24, 2.45) is 0 Å². The molecule has 4 N–H and O–H groups in total. The number of morpholine rings is 2. The molecule has 0 aromatic heterocycles. The maximum Gasteiger partial charge on any atom is 0.410 e. The van der Waals surface area contributed by atoms with Crippen molar-refractivity contribution in [2.75, 3.05) is 50.9 Å². The van der Waals surface area contributed by atoms with Crippen molar-refractivity contribution in [3.63, 3.8) is 0 Å². The molecule has 12 heteroatoms. The molecule has 2 saturated heterocycles. The first-order valence-corrected chi connectivity index (χ1v) is 13.8. The molecule has 2 atom stereocenters. The minimum absolute atomic E-state index is 0.0959. The number of nitrogens with two attached hydrogens (primary N) is 2. The lowest BCUT2D eigenvalue weighted by atomic mass is 10.1. The summed E-state index contributed by atoms with van der Waals surface area (Å²) in [6.07, 6.45) is -1.51. The molecule has 1 unspecified atom stereocenters. The van der Waals surface area contributed by atoms with E-state index in [4.69, 9.17) is 30.4 Å². The van der Waals surface area contributed by atoms with Gasteiger partial charge in [-0.1, -0.05) is 12.1 Å². The molecule has 2 amide bonds. The summed E-state index contributed by atoms with van der Waals surface area (Å²) in [6, 6.07) is 9.11. The summed E-state index contributed by atoms with van der Waals surface area (Å²) >= 11 is 0. The Morgan fingerprint density at radius 2 is 1.10 bits per heavy atom. The molecule has 0 saturated carbocycles. The average molecular weight is 593 g/mol. The number of carbonyl (C=O) groups excluding carboxylic acids is 2. The Morgan fingerprint density at radius 3 is 1.40 bits per heavy atom. The Hall–Kier alpha value is -3.64. The van der Waals surface area contributed by atoms with Crippen LogP contribution in [0.1, 0.15) is 64.9 Å². The van der Waals surface area contributed by atoms with E-state index in [9.17, 15) is 18.4 Å². The lowest BCUT2D eigenvalue weighted by molar-refractivity contribution is -0.0435. The Kier molecular flexibility index (Phi) is 10.6. The Bertz CT molecular complexity index is 1150. The van der Waals surface area contributed by atoms with Gasteiger partial charge in [0.2, 0.25) is 0 Å². The summed E-state index contributed by atoms with van der Waals surface area (Å²) in [5, 5.41) is 0. The zero-order valence-corrected chi connectivity index (χ0v) is 25.1. The van der Waals surface area contributed by atoms with Gasteiger partial charge in [0, 0.05) is 13.1 Å². The maximum atomic E-state index is 13.5. The Morgan fingerprint density at radius 1 is 0.738 bits per heavy atom. The van der Waals surface area contributed by atoms with Crippen LogP contribution in [0.25, 0.3) is 0 Å². The first kappa shape index (κ1) is 32.9. The van der Waals surface area contributed by atoms with Crippen LogP contribution in [0.4, 0.5) is 29.7 Å². The van der Waals surface area contributed by atoms with Crippen LogP contribution in [-0.4, -0.2) is 72.6 Å². The average Bonchev–Trinajstić information content (AvgIpc) is 2.90. The lowest BCUT2D eigenvalue weighted by Crippen LogP contribution is -2.44. The molecule has 2 heterocycles. The molecule has 2 fully saturated rings. The summed E-state index contributed by atoms with van der Waals surface area (Å²) in [5.41, 5.74) is 11.4. The van der Waals surface area contributed by atoms with Gasteiger partial charge in [-0.15, -0.1) is 0 Å². The summed E-state index contributed by atoms with van der Waals surface area (Å²) in [4.78, 5) is 27.3. The highest BCUT2D eigenvalue weighted by Gasteiger charge is 2.30. The number of hydrogen-bond acceptors (Lipinski definition) is 8. The molecule has 2 aromatic carbocycles. The first-order valence-electron chi connectivity index (χ1n) is 13.8. The SMILES string of the molecule is CC(C)(C)OC(=O)N1CCOC(c2ccc(N)c(F)c2)C1.CC(C)(C)OC(=O)N1CCO[C@@H](c2ccc(N)c(F)c2)C1. The van der Waals surface area contributed by atoms with Gasteiger partial charge in [0.05, 0.1) is 37.7 Å². The number of amides is 2. The van der Waals surface area contributed by atoms with Crippen LogP contribution in [0, 0.1) is 11.6 Å². The van der Waals surface area contributed by atoms with E-state index in [-0.39, 0.29) is 35.8 Å². The van der Waals surface area contributed by atoms with Gasteiger partial charge in [-0.05, 0) is 76.9 Å². The third-order valence-electron chi connectivity index (χ3n) is 6.23. The molecule has 10 nitrogen and oxygen atoms in total. The van der Waals surface area contributed by atoms with E-state index < -0.39 is 22.8 Å². The minimum atomic E-state index is -0.543. The number of carbonyl (C=O) groups is 2. The van der Waals surface area contributed by atoms with Crippen LogP contribution in [0.15, 0.2) is 36.4 Å². The third kappa shape index (κ3) is 9.73. The van der Waals surface area contributed by atoms with Gasteiger partial charge in [-0.2, -0.15) is 0 Å². The second kappa shape index (κ2) is 13.6.